The van der Waals surface area contributed by atoms with E-state index in [9.17, 15) is 10.1 Å². The van der Waals surface area contributed by atoms with Gasteiger partial charge < -0.3 is 10.7 Å². The van der Waals surface area contributed by atoms with Gasteiger partial charge in [0.15, 0.2) is 0 Å². The first-order valence-electron chi connectivity index (χ1n) is 7.11. The zero-order valence-corrected chi connectivity index (χ0v) is 11.8. The Morgan fingerprint density at radius 3 is 2.70 bits per heavy atom. The van der Waals surface area contributed by atoms with Gasteiger partial charge in [-0.2, -0.15) is 0 Å². The number of hydrogen-bond donors (Lipinski definition) is 3. The summed E-state index contributed by atoms with van der Waals surface area (Å²) in [5, 5.41) is 14.4. The minimum atomic E-state index is -0.401. The molecule has 1 aliphatic carbocycles. The smallest absolute Gasteiger partial charge is 0.316 e. The molecule has 110 valence electrons. The van der Waals surface area contributed by atoms with Crippen LogP contribution >= 0.6 is 0 Å². The molecule has 1 saturated carbocycles. The van der Waals surface area contributed by atoms with Gasteiger partial charge in [0.25, 0.3) is 0 Å². The van der Waals surface area contributed by atoms with Gasteiger partial charge in [0.2, 0.25) is 0 Å². The van der Waals surface area contributed by atoms with Crippen LogP contribution in [-0.2, 0) is 0 Å². The average molecular weight is 278 g/mol. The van der Waals surface area contributed by atoms with Crippen molar-refractivity contribution in [2.75, 3.05) is 17.3 Å². The van der Waals surface area contributed by atoms with Gasteiger partial charge in [0, 0.05) is 6.54 Å². The molecular formula is C14H22N4O2. The van der Waals surface area contributed by atoms with Gasteiger partial charge in [-0.05, 0) is 30.4 Å². The van der Waals surface area contributed by atoms with Crippen LogP contribution in [0, 0.1) is 22.0 Å². The number of nitrogens with two attached hydrogens (primary N) is 1. The molecule has 6 nitrogen and oxygen atoms in total. The van der Waals surface area contributed by atoms with Crippen molar-refractivity contribution in [1.82, 2.24) is 0 Å². The van der Waals surface area contributed by atoms with E-state index >= 15 is 0 Å². The van der Waals surface area contributed by atoms with E-state index in [1.165, 1.54) is 25.7 Å². The molecule has 0 aromatic heterocycles. The molecule has 0 saturated heterocycles. The number of hydrogen-bond acceptors (Lipinski definition) is 5. The molecule has 0 heterocycles. The molecule has 2 atom stereocenters. The third-order valence-electron chi connectivity index (χ3n) is 4.22. The molecule has 0 aliphatic heterocycles. The van der Waals surface area contributed by atoms with Gasteiger partial charge in [-0.3, -0.25) is 16.0 Å². The number of nitrogens with one attached hydrogen (secondary N) is 2. The minimum absolute atomic E-state index is 0.0125. The maximum Gasteiger partial charge on any atom is 0.316 e. The number of nitrogens with zero attached hydrogens (tertiary/aromatic N) is 1. The quantitative estimate of drug-likeness (QED) is 0.437. The van der Waals surface area contributed by atoms with Crippen molar-refractivity contribution in [3.05, 3.63) is 28.3 Å². The Kier molecular flexibility index (Phi) is 4.79. The van der Waals surface area contributed by atoms with E-state index in [-0.39, 0.29) is 5.69 Å². The Bertz CT molecular complexity index is 478. The average Bonchev–Trinajstić information content (AvgIpc) is 2.45. The predicted molar refractivity (Wildman–Crippen MR) is 80.5 cm³/mol. The van der Waals surface area contributed by atoms with E-state index in [1.807, 2.05) is 0 Å². The Morgan fingerprint density at radius 1 is 1.35 bits per heavy atom. The number of benzene rings is 1. The summed E-state index contributed by atoms with van der Waals surface area (Å²) in [4.78, 5) is 10.8. The lowest BCUT2D eigenvalue weighted by Crippen LogP contribution is -2.24. The molecule has 1 fully saturated rings. The third kappa shape index (κ3) is 3.19. The zero-order chi connectivity index (χ0) is 14.5. The van der Waals surface area contributed by atoms with Crippen LogP contribution in [-0.4, -0.2) is 11.5 Å². The fourth-order valence-electron chi connectivity index (χ4n) is 2.94. The van der Waals surface area contributed by atoms with E-state index in [0.717, 1.165) is 6.54 Å². The van der Waals surface area contributed by atoms with Gasteiger partial charge >= 0.3 is 5.69 Å². The molecule has 1 aliphatic rings. The van der Waals surface area contributed by atoms with E-state index in [2.05, 4.69) is 17.7 Å². The Labute approximate surface area is 118 Å². The number of nitro groups is 1. The topological polar surface area (TPSA) is 93.2 Å². The molecule has 0 radical (unpaired) electrons. The highest BCUT2D eigenvalue weighted by atomic mass is 16.6. The second-order valence-electron chi connectivity index (χ2n) is 5.51. The monoisotopic (exact) mass is 278 g/mol. The van der Waals surface area contributed by atoms with Crippen molar-refractivity contribution in [2.24, 2.45) is 17.7 Å². The van der Waals surface area contributed by atoms with Crippen molar-refractivity contribution < 1.29 is 4.92 Å². The first-order chi connectivity index (χ1) is 9.63. The van der Waals surface area contributed by atoms with Crippen LogP contribution in [0.4, 0.5) is 17.1 Å². The Balaban J connectivity index is 2.10. The lowest BCUT2D eigenvalue weighted by Gasteiger charge is -2.29. The summed E-state index contributed by atoms with van der Waals surface area (Å²) in [6.07, 6.45) is 4.99. The molecule has 2 rings (SSSR count). The molecule has 0 bridgehead atoms. The number of hydrazine groups is 1. The van der Waals surface area contributed by atoms with Crippen molar-refractivity contribution in [3.8, 4) is 0 Å². The number of para-hydroxylation sites is 1. The van der Waals surface area contributed by atoms with Crippen LogP contribution in [0.2, 0.25) is 0 Å². The summed E-state index contributed by atoms with van der Waals surface area (Å²) >= 11 is 0. The highest BCUT2D eigenvalue weighted by molar-refractivity contribution is 5.75. The molecule has 1 aromatic rings. The highest BCUT2D eigenvalue weighted by Gasteiger charge is 2.23. The lowest BCUT2D eigenvalue weighted by atomic mass is 9.80. The fourth-order valence-corrected chi connectivity index (χ4v) is 2.94. The molecule has 1 aromatic carbocycles. The molecule has 0 amide bonds. The van der Waals surface area contributed by atoms with Crippen molar-refractivity contribution in [3.63, 3.8) is 0 Å². The lowest BCUT2D eigenvalue weighted by molar-refractivity contribution is -0.383. The van der Waals surface area contributed by atoms with Crippen molar-refractivity contribution in [2.45, 2.75) is 32.6 Å². The summed E-state index contributed by atoms with van der Waals surface area (Å²) in [6, 6.07) is 5.09. The minimum Gasteiger partial charge on any atom is -0.379 e. The van der Waals surface area contributed by atoms with Crippen LogP contribution in [0.5, 0.6) is 0 Å². The summed E-state index contributed by atoms with van der Waals surface area (Å²) < 4.78 is 0. The maximum atomic E-state index is 11.2. The Hall–Kier alpha value is -1.82. The summed E-state index contributed by atoms with van der Waals surface area (Å²) in [7, 11) is 0. The summed E-state index contributed by atoms with van der Waals surface area (Å²) in [5.41, 5.74) is 3.26. The molecular weight excluding hydrogens is 256 g/mol. The number of anilines is 2. The second-order valence-corrected chi connectivity index (χ2v) is 5.51. The number of rotatable bonds is 5. The van der Waals surface area contributed by atoms with Gasteiger partial charge in [-0.25, -0.2) is 0 Å². The SMILES string of the molecule is CC1CCCCC1CNc1cccc(NN)c1[N+](=O)[O-]. The summed E-state index contributed by atoms with van der Waals surface area (Å²) in [5.74, 6) is 6.59. The largest absolute Gasteiger partial charge is 0.379 e. The normalized spacial score (nSPS) is 22.3. The van der Waals surface area contributed by atoms with E-state index in [0.29, 0.717) is 23.2 Å². The number of nitro benzene ring substituents is 1. The molecule has 6 heteroatoms. The highest BCUT2D eigenvalue weighted by Crippen LogP contribution is 2.34. The molecule has 2 unspecified atom stereocenters. The van der Waals surface area contributed by atoms with Gasteiger partial charge in [-0.15, -0.1) is 0 Å². The first-order valence-corrected chi connectivity index (χ1v) is 7.11. The molecule has 20 heavy (non-hydrogen) atoms. The van der Waals surface area contributed by atoms with Gasteiger partial charge in [-0.1, -0.05) is 32.3 Å². The van der Waals surface area contributed by atoms with Gasteiger partial charge in [0.05, 0.1) is 4.92 Å². The standard InChI is InChI=1S/C14H22N4O2/c1-10-5-2-3-6-11(10)9-16-12-7-4-8-13(17-15)14(12)18(19)20/h4,7-8,10-11,16-17H,2-3,5-6,9,15H2,1H3. The van der Waals surface area contributed by atoms with Crippen LogP contribution in [0.3, 0.4) is 0 Å². The van der Waals surface area contributed by atoms with Crippen LogP contribution < -0.4 is 16.6 Å². The zero-order valence-electron chi connectivity index (χ0n) is 11.8. The van der Waals surface area contributed by atoms with Crippen LogP contribution in [0.15, 0.2) is 18.2 Å². The van der Waals surface area contributed by atoms with Crippen LogP contribution in [0.25, 0.3) is 0 Å². The third-order valence-corrected chi connectivity index (χ3v) is 4.22. The molecule has 4 N–H and O–H groups in total. The molecule has 0 spiro atoms. The second kappa shape index (κ2) is 6.56. The van der Waals surface area contributed by atoms with E-state index in [1.54, 1.807) is 18.2 Å². The Morgan fingerprint density at radius 2 is 2.05 bits per heavy atom. The van der Waals surface area contributed by atoms with E-state index in [4.69, 9.17) is 5.84 Å². The van der Waals surface area contributed by atoms with Crippen molar-refractivity contribution >= 4 is 17.1 Å². The first kappa shape index (κ1) is 14.6. The fraction of sp³-hybridized carbons (Fsp3) is 0.571. The van der Waals surface area contributed by atoms with E-state index < -0.39 is 4.92 Å². The van der Waals surface area contributed by atoms with Crippen LogP contribution in [0.1, 0.15) is 32.6 Å². The number of nitrogen functional groups attached to an aromatic ring is 1. The maximum absolute atomic E-state index is 11.2. The summed E-state index contributed by atoms with van der Waals surface area (Å²) in [6.45, 7) is 3.04. The predicted octanol–water partition coefficient (Wildman–Crippen LogP) is 3.12. The van der Waals surface area contributed by atoms with Gasteiger partial charge in [0.1, 0.15) is 11.4 Å². The van der Waals surface area contributed by atoms with Crippen molar-refractivity contribution in [1.29, 1.82) is 0 Å².